The summed E-state index contributed by atoms with van der Waals surface area (Å²) < 4.78 is 16.5. The second kappa shape index (κ2) is 11.9. The van der Waals surface area contributed by atoms with Crippen molar-refractivity contribution in [1.82, 2.24) is 24.4 Å². The van der Waals surface area contributed by atoms with Crippen LogP contribution in [0.3, 0.4) is 0 Å². The Hall–Kier alpha value is -4.11. The summed E-state index contributed by atoms with van der Waals surface area (Å²) in [5.74, 6) is -0.210. The first-order chi connectivity index (χ1) is 20.5. The van der Waals surface area contributed by atoms with Crippen molar-refractivity contribution in [3.8, 4) is 16.9 Å². The standard InChI is InChI=1S/C33H36ClFN6O2/c1-8-22-14-19(5)30(28(36-22)18(3)4)41-32-24(15-25(34)29(37-32)23-12-10-11-13-26(23)35)31(38-33(41)43)40-17-20(6)39(16-21(40)7)27(42)9-2/h9-15,18,20-21H,2,8,16-17H2,1,3-7H3/t20-,21+/m1/s1. The number of benzene rings is 1. The number of fused-ring (bicyclic) bond motifs is 1. The summed E-state index contributed by atoms with van der Waals surface area (Å²) >= 11 is 6.82. The lowest BCUT2D eigenvalue weighted by Crippen LogP contribution is -2.58. The Balaban J connectivity index is 1.84. The Morgan fingerprint density at radius 2 is 1.86 bits per heavy atom. The van der Waals surface area contributed by atoms with Crippen LogP contribution in [0, 0.1) is 12.7 Å². The number of pyridine rings is 2. The zero-order valence-electron chi connectivity index (χ0n) is 25.4. The van der Waals surface area contributed by atoms with Gasteiger partial charge in [0.2, 0.25) is 5.91 Å². The number of rotatable bonds is 6. The predicted molar refractivity (Wildman–Crippen MR) is 170 cm³/mol. The summed E-state index contributed by atoms with van der Waals surface area (Å²) in [6.07, 6.45) is 2.06. The largest absolute Gasteiger partial charge is 0.355 e. The molecule has 0 N–H and O–H groups in total. The molecule has 2 atom stereocenters. The van der Waals surface area contributed by atoms with Gasteiger partial charge in [-0.15, -0.1) is 0 Å². The minimum Gasteiger partial charge on any atom is -0.349 e. The molecule has 224 valence electrons. The first-order valence-corrected chi connectivity index (χ1v) is 14.9. The molecule has 0 saturated carbocycles. The number of nitrogens with zero attached hydrogens (tertiary/aromatic N) is 6. The van der Waals surface area contributed by atoms with E-state index in [0.29, 0.717) is 35.6 Å². The number of carbonyl (C=O) groups excluding carboxylic acids is 1. The van der Waals surface area contributed by atoms with Gasteiger partial charge in [0.05, 0.1) is 27.5 Å². The van der Waals surface area contributed by atoms with Crippen molar-refractivity contribution in [1.29, 1.82) is 0 Å². The van der Waals surface area contributed by atoms with Gasteiger partial charge in [0.25, 0.3) is 0 Å². The van der Waals surface area contributed by atoms with Crippen LogP contribution in [-0.2, 0) is 11.2 Å². The molecule has 5 rings (SSSR count). The van der Waals surface area contributed by atoms with Crippen molar-refractivity contribution in [3.63, 3.8) is 0 Å². The zero-order valence-corrected chi connectivity index (χ0v) is 26.1. The Bertz CT molecular complexity index is 1800. The van der Waals surface area contributed by atoms with E-state index in [1.54, 1.807) is 29.2 Å². The monoisotopic (exact) mass is 602 g/mol. The van der Waals surface area contributed by atoms with Gasteiger partial charge in [-0.25, -0.2) is 18.7 Å². The van der Waals surface area contributed by atoms with E-state index in [4.69, 9.17) is 21.6 Å². The predicted octanol–water partition coefficient (Wildman–Crippen LogP) is 6.24. The number of anilines is 1. The molecule has 0 unspecified atom stereocenters. The van der Waals surface area contributed by atoms with Crippen molar-refractivity contribution in [2.24, 2.45) is 0 Å². The van der Waals surface area contributed by atoms with Crippen LogP contribution in [0.5, 0.6) is 0 Å². The Labute approximate surface area is 255 Å². The highest BCUT2D eigenvalue weighted by molar-refractivity contribution is 6.33. The molecule has 3 aromatic heterocycles. The van der Waals surface area contributed by atoms with Gasteiger partial charge in [-0.1, -0.05) is 51.1 Å². The second-order valence-electron chi connectivity index (χ2n) is 11.4. The molecule has 4 aromatic rings. The summed E-state index contributed by atoms with van der Waals surface area (Å²) in [6.45, 7) is 16.5. The highest BCUT2D eigenvalue weighted by Crippen LogP contribution is 2.36. The van der Waals surface area contributed by atoms with Crippen molar-refractivity contribution in [3.05, 3.63) is 87.3 Å². The van der Waals surface area contributed by atoms with E-state index in [9.17, 15) is 9.59 Å². The van der Waals surface area contributed by atoms with E-state index in [0.717, 1.165) is 23.4 Å². The lowest BCUT2D eigenvalue weighted by atomic mass is 10.0. The second-order valence-corrected chi connectivity index (χ2v) is 11.8. The third-order valence-corrected chi connectivity index (χ3v) is 8.33. The summed E-state index contributed by atoms with van der Waals surface area (Å²) in [6, 6.07) is 9.63. The van der Waals surface area contributed by atoms with E-state index in [-0.39, 0.29) is 40.2 Å². The minimum atomic E-state index is -0.530. The smallest absolute Gasteiger partial charge is 0.349 e. The number of aryl methyl sites for hydroxylation is 2. The van der Waals surface area contributed by atoms with Crippen LogP contribution in [0.2, 0.25) is 5.02 Å². The van der Waals surface area contributed by atoms with Crippen molar-refractivity contribution < 1.29 is 9.18 Å². The molecule has 4 heterocycles. The van der Waals surface area contributed by atoms with Crippen LogP contribution in [0.15, 0.2) is 53.8 Å². The van der Waals surface area contributed by atoms with E-state index in [1.807, 2.05) is 52.5 Å². The molecule has 43 heavy (non-hydrogen) atoms. The van der Waals surface area contributed by atoms with Gasteiger partial charge in [-0.2, -0.15) is 4.98 Å². The van der Waals surface area contributed by atoms with Crippen molar-refractivity contribution in [2.45, 2.75) is 66.0 Å². The number of carbonyl (C=O) groups is 1. The number of piperazine rings is 1. The molecular formula is C33H36ClFN6O2. The summed E-state index contributed by atoms with van der Waals surface area (Å²) in [5, 5.41) is 0.771. The molecule has 1 aromatic carbocycles. The minimum absolute atomic E-state index is 0.00323. The van der Waals surface area contributed by atoms with Crippen LogP contribution < -0.4 is 10.6 Å². The van der Waals surface area contributed by atoms with Crippen LogP contribution in [-0.4, -0.2) is 55.5 Å². The molecule has 0 spiro atoms. The molecule has 10 heteroatoms. The molecule has 1 fully saturated rings. The van der Waals surface area contributed by atoms with Crippen LogP contribution >= 0.6 is 11.6 Å². The van der Waals surface area contributed by atoms with Crippen molar-refractivity contribution >= 4 is 34.4 Å². The summed E-state index contributed by atoms with van der Waals surface area (Å²) in [4.78, 5) is 44.9. The van der Waals surface area contributed by atoms with Gasteiger partial charge in [0.15, 0.2) is 5.65 Å². The Morgan fingerprint density at radius 1 is 1.14 bits per heavy atom. The van der Waals surface area contributed by atoms with Crippen molar-refractivity contribution in [2.75, 3.05) is 18.0 Å². The number of hydrogen-bond acceptors (Lipinski definition) is 6. The Morgan fingerprint density at radius 3 is 2.51 bits per heavy atom. The third-order valence-electron chi connectivity index (χ3n) is 8.04. The third kappa shape index (κ3) is 5.42. The number of aromatic nitrogens is 4. The molecule has 8 nitrogen and oxygen atoms in total. The maximum atomic E-state index is 15.0. The first-order valence-electron chi connectivity index (χ1n) is 14.5. The molecular weight excluding hydrogens is 567 g/mol. The average Bonchev–Trinajstić information content (AvgIpc) is 2.97. The van der Waals surface area contributed by atoms with Gasteiger partial charge in [0, 0.05) is 36.4 Å². The summed E-state index contributed by atoms with van der Waals surface area (Å²) in [5.41, 5.74) is 3.36. The fraction of sp³-hybridized carbons (Fsp3) is 0.364. The molecule has 1 aliphatic heterocycles. The van der Waals surface area contributed by atoms with Crippen LogP contribution in [0.4, 0.5) is 10.2 Å². The first kappa shape index (κ1) is 30.4. The van der Waals surface area contributed by atoms with E-state index in [1.165, 1.54) is 16.7 Å². The normalized spacial score (nSPS) is 17.1. The quantitative estimate of drug-likeness (QED) is 0.243. The van der Waals surface area contributed by atoms with Crippen LogP contribution in [0.1, 0.15) is 57.5 Å². The number of halogens is 2. The topological polar surface area (TPSA) is 84.2 Å². The maximum absolute atomic E-state index is 15.0. The van der Waals surface area contributed by atoms with E-state index < -0.39 is 11.5 Å². The highest BCUT2D eigenvalue weighted by atomic mass is 35.5. The molecule has 1 amide bonds. The average molecular weight is 603 g/mol. The lowest BCUT2D eigenvalue weighted by Gasteiger charge is -2.44. The fourth-order valence-corrected chi connectivity index (χ4v) is 6.10. The zero-order chi connectivity index (χ0) is 31.2. The van der Waals surface area contributed by atoms with Gasteiger partial charge in [0.1, 0.15) is 11.6 Å². The van der Waals surface area contributed by atoms with Gasteiger partial charge < -0.3 is 9.80 Å². The van der Waals surface area contributed by atoms with Gasteiger partial charge >= 0.3 is 5.69 Å². The summed E-state index contributed by atoms with van der Waals surface area (Å²) in [7, 11) is 0. The molecule has 1 aliphatic rings. The lowest BCUT2D eigenvalue weighted by molar-refractivity contribution is -0.128. The molecule has 0 aliphatic carbocycles. The van der Waals surface area contributed by atoms with E-state index >= 15 is 4.39 Å². The van der Waals surface area contributed by atoms with Gasteiger partial charge in [-0.05, 0) is 69.0 Å². The fourth-order valence-electron chi connectivity index (χ4n) is 5.85. The maximum Gasteiger partial charge on any atom is 0.355 e. The van der Waals surface area contributed by atoms with E-state index in [2.05, 4.69) is 11.6 Å². The SMILES string of the molecule is C=CC(=O)N1C[C@H](C)N(c2nc(=O)n(-c3c(C)cc(CC)nc3C(C)C)c3nc(-c4ccccc4F)c(Cl)cc23)C[C@H]1C. The molecule has 1 saturated heterocycles. The van der Waals surface area contributed by atoms with Gasteiger partial charge in [-0.3, -0.25) is 9.78 Å². The number of amides is 1. The van der Waals surface area contributed by atoms with Crippen LogP contribution in [0.25, 0.3) is 28.0 Å². The molecule has 0 bridgehead atoms. The molecule has 0 radical (unpaired) electrons. The highest BCUT2D eigenvalue weighted by Gasteiger charge is 2.34. The number of hydrogen-bond donors (Lipinski definition) is 0. The Kier molecular flexibility index (Phi) is 8.38.